The molecule has 0 atom stereocenters. The lowest BCUT2D eigenvalue weighted by atomic mass is 10.1. The summed E-state index contributed by atoms with van der Waals surface area (Å²) in [5.41, 5.74) is 1.04. The smallest absolute Gasteiger partial charge is 0.336 e. The van der Waals surface area contributed by atoms with Crippen molar-refractivity contribution in [3.05, 3.63) is 65.2 Å². The quantitative estimate of drug-likeness (QED) is 0.805. The molecule has 0 aliphatic carbocycles. The average Bonchev–Trinajstić information content (AvgIpc) is 2.73. The first-order chi connectivity index (χ1) is 14.3. The fraction of sp³-hybridized carbons (Fsp3) is 0.364. The van der Waals surface area contributed by atoms with Gasteiger partial charge in [0.15, 0.2) is 0 Å². The Balaban J connectivity index is 1.53. The van der Waals surface area contributed by atoms with Crippen molar-refractivity contribution in [3.63, 3.8) is 0 Å². The molecule has 160 valence electrons. The lowest BCUT2D eigenvalue weighted by Crippen LogP contribution is -2.50. The summed E-state index contributed by atoms with van der Waals surface area (Å²) in [7, 11) is 0. The van der Waals surface area contributed by atoms with Gasteiger partial charge in [0.25, 0.3) is 5.91 Å². The molecular formula is C22H24F3N3O2. The molecule has 8 heteroatoms. The Morgan fingerprint density at radius 2 is 1.70 bits per heavy atom. The summed E-state index contributed by atoms with van der Waals surface area (Å²) in [6.45, 7) is 3.89. The Morgan fingerprint density at radius 3 is 2.37 bits per heavy atom. The van der Waals surface area contributed by atoms with Gasteiger partial charge in [-0.3, -0.25) is 14.5 Å². The summed E-state index contributed by atoms with van der Waals surface area (Å²) in [5, 5.41) is 2.92. The van der Waals surface area contributed by atoms with Crippen LogP contribution < -0.4 is 5.32 Å². The molecule has 0 aromatic heterocycles. The van der Waals surface area contributed by atoms with Crippen molar-refractivity contribution in [3.8, 4) is 0 Å². The van der Waals surface area contributed by atoms with Crippen LogP contribution in [-0.4, -0.2) is 54.3 Å². The number of anilines is 1. The van der Waals surface area contributed by atoms with Crippen LogP contribution in [0.15, 0.2) is 48.5 Å². The minimum Gasteiger partial charge on any atom is -0.336 e. The number of hydrogen-bond donors (Lipinski definition) is 1. The van der Waals surface area contributed by atoms with Crippen molar-refractivity contribution in [1.29, 1.82) is 0 Å². The van der Waals surface area contributed by atoms with Crippen molar-refractivity contribution in [2.75, 3.05) is 38.0 Å². The van der Waals surface area contributed by atoms with E-state index in [4.69, 9.17) is 0 Å². The fourth-order valence-electron chi connectivity index (χ4n) is 3.46. The molecular weight excluding hydrogens is 395 g/mol. The zero-order valence-electron chi connectivity index (χ0n) is 16.7. The molecule has 1 aliphatic heterocycles. The number of rotatable bonds is 5. The highest BCUT2D eigenvalue weighted by Crippen LogP contribution is 2.29. The number of piperazine rings is 1. The van der Waals surface area contributed by atoms with Crippen LogP contribution in [0.5, 0.6) is 0 Å². The molecule has 3 rings (SSSR count). The largest absolute Gasteiger partial charge is 0.416 e. The van der Waals surface area contributed by atoms with Crippen molar-refractivity contribution in [2.45, 2.75) is 19.5 Å². The lowest BCUT2D eigenvalue weighted by Gasteiger charge is -2.34. The van der Waals surface area contributed by atoms with E-state index in [2.05, 4.69) is 5.32 Å². The van der Waals surface area contributed by atoms with Gasteiger partial charge in [0, 0.05) is 37.4 Å². The monoisotopic (exact) mass is 419 g/mol. The van der Waals surface area contributed by atoms with Crippen LogP contribution in [0.2, 0.25) is 0 Å². The van der Waals surface area contributed by atoms with Crippen LogP contribution in [0, 0.1) is 0 Å². The molecule has 2 amide bonds. The standard InChI is InChI=1S/C22H24F3N3O2/c1-2-16-6-3-4-9-19(16)26-20(29)15-27-10-12-28(13-11-27)21(30)17-7-5-8-18(14-17)22(23,24)25/h3-9,14H,2,10-13,15H2,1H3,(H,26,29). The number of para-hydroxylation sites is 1. The second-order valence-electron chi connectivity index (χ2n) is 7.21. The highest BCUT2D eigenvalue weighted by molar-refractivity contribution is 5.95. The van der Waals surface area contributed by atoms with Crippen molar-refractivity contribution in [1.82, 2.24) is 9.80 Å². The topological polar surface area (TPSA) is 52.7 Å². The molecule has 2 aromatic rings. The Hall–Kier alpha value is -2.87. The van der Waals surface area contributed by atoms with Gasteiger partial charge in [-0.05, 0) is 36.2 Å². The summed E-state index contributed by atoms with van der Waals surface area (Å²) in [6, 6.07) is 12.1. The number of carbonyl (C=O) groups is 2. The summed E-state index contributed by atoms with van der Waals surface area (Å²) in [4.78, 5) is 28.4. The van der Waals surface area contributed by atoms with E-state index < -0.39 is 17.6 Å². The third-order valence-corrected chi connectivity index (χ3v) is 5.14. The van der Waals surface area contributed by atoms with Gasteiger partial charge in [-0.1, -0.05) is 31.2 Å². The van der Waals surface area contributed by atoms with E-state index in [1.54, 1.807) is 0 Å². The maximum Gasteiger partial charge on any atom is 0.416 e. The number of benzene rings is 2. The first kappa shape index (κ1) is 21.8. The number of nitrogens with zero attached hydrogens (tertiary/aromatic N) is 2. The summed E-state index contributed by atoms with van der Waals surface area (Å²) < 4.78 is 38.6. The van der Waals surface area contributed by atoms with Gasteiger partial charge in [0.1, 0.15) is 0 Å². The molecule has 0 spiro atoms. The van der Waals surface area contributed by atoms with E-state index in [9.17, 15) is 22.8 Å². The molecule has 1 fully saturated rings. The molecule has 0 radical (unpaired) electrons. The number of carbonyl (C=O) groups excluding carboxylic acids is 2. The molecule has 1 saturated heterocycles. The molecule has 2 aromatic carbocycles. The Morgan fingerprint density at radius 1 is 1.00 bits per heavy atom. The first-order valence-electron chi connectivity index (χ1n) is 9.84. The predicted octanol–water partition coefficient (Wildman–Crippen LogP) is 3.66. The number of halogens is 3. The maximum absolute atomic E-state index is 12.9. The first-order valence-corrected chi connectivity index (χ1v) is 9.84. The summed E-state index contributed by atoms with van der Waals surface area (Å²) in [6.07, 6.45) is -3.68. The van der Waals surface area contributed by atoms with E-state index in [0.29, 0.717) is 26.2 Å². The fourth-order valence-corrected chi connectivity index (χ4v) is 3.46. The number of alkyl halides is 3. The van der Waals surface area contributed by atoms with E-state index in [1.165, 1.54) is 17.0 Å². The third-order valence-electron chi connectivity index (χ3n) is 5.14. The van der Waals surface area contributed by atoms with Crippen molar-refractivity contribution in [2.24, 2.45) is 0 Å². The number of nitrogens with one attached hydrogen (secondary N) is 1. The summed E-state index contributed by atoms with van der Waals surface area (Å²) in [5.74, 6) is -0.560. The molecule has 1 heterocycles. The average molecular weight is 419 g/mol. The third kappa shape index (κ3) is 5.38. The zero-order valence-corrected chi connectivity index (χ0v) is 16.7. The van der Waals surface area contributed by atoms with E-state index in [-0.39, 0.29) is 18.0 Å². The summed E-state index contributed by atoms with van der Waals surface area (Å²) >= 11 is 0. The number of amides is 2. The number of hydrogen-bond acceptors (Lipinski definition) is 3. The molecule has 30 heavy (non-hydrogen) atoms. The molecule has 0 unspecified atom stereocenters. The molecule has 0 bridgehead atoms. The highest BCUT2D eigenvalue weighted by Gasteiger charge is 2.31. The SMILES string of the molecule is CCc1ccccc1NC(=O)CN1CCN(C(=O)c2cccc(C(F)(F)F)c2)CC1. The van der Waals surface area contributed by atoms with Crippen LogP contribution in [0.25, 0.3) is 0 Å². The second kappa shape index (κ2) is 9.30. The highest BCUT2D eigenvalue weighted by atomic mass is 19.4. The predicted molar refractivity (Wildman–Crippen MR) is 108 cm³/mol. The number of aryl methyl sites for hydroxylation is 1. The van der Waals surface area contributed by atoms with Crippen LogP contribution >= 0.6 is 0 Å². The minimum atomic E-state index is -4.49. The zero-order chi connectivity index (χ0) is 21.7. The second-order valence-corrected chi connectivity index (χ2v) is 7.21. The normalized spacial score (nSPS) is 15.1. The molecule has 0 saturated carbocycles. The van der Waals surface area contributed by atoms with E-state index in [0.717, 1.165) is 29.8 Å². The lowest BCUT2D eigenvalue weighted by molar-refractivity contribution is -0.137. The van der Waals surface area contributed by atoms with Gasteiger partial charge >= 0.3 is 6.18 Å². The maximum atomic E-state index is 12.9. The molecule has 1 N–H and O–H groups in total. The van der Waals surface area contributed by atoms with Crippen LogP contribution in [0.3, 0.4) is 0 Å². The van der Waals surface area contributed by atoms with Crippen LogP contribution in [-0.2, 0) is 17.4 Å². The Labute approximate surface area is 173 Å². The molecule has 1 aliphatic rings. The van der Waals surface area contributed by atoms with Gasteiger partial charge in [-0.15, -0.1) is 0 Å². The van der Waals surface area contributed by atoms with E-state index in [1.807, 2.05) is 36.1 Å². The van der Waals surface area contributed by atoms with Crippen LogP contribution in [0.4, 0.5) is 18.9 Å². The van der Waals surface area contributed by atoms with Gasteiger partial charge in [-0.25, -0.2) is 0 Å². The van der Waals surface area contributed by atoms with Crippen LogP contribution in [0.1, 0.15) is 28.4 Å². The Kier molecular flexibility index (Phi) is 6.77. The van der Waals surface area contributed by atoms with E-state index >= 15 is 0 Å². The molecule has 5 nitrogen and oxygen atoms in total. The minimum absolute atomic E-state index is 0.0205. The van der Waals surface area contributed by atoms with Crippen molar-refractivity contribution < 1.29 is 22.8 Å². The Bertz CT molecular complexity index is 906. The van der Waals surface area contributed by atoms with Gasteiger partial charge in [0.2, 0.25) is 5.91 Å². The van der Waals surface area contributed by atoms with Gasteiger partial charge in [0.05, 0.1) is 12.1 Å². The van der Waals surface area contributed by atoms with Gasteiger partial charge < -0.3 is 10.2 Å². The van der Waals surface area contributed by atoms with Crippen molar-refractivity contribution >= 4 is 17.5 Å². The van der Waals surface area contributed by atoms with Gasteiger partial charge in [-0.2, -0.15) is 13.2 Å².